The lowest BCUT2D eigenvalue weighted by Crippen LogP contribution is -2.35. The van der Waals surface area contributed by atoms with E-state index in [-0.39, 0.29) is 11.7 Å². The summed E-state index contributed by atoms with van der Waals surface area (Å²) in [6.45, 7) is 2.79. The van der Waals surface area contributed by atoms with Crippen molar-refractivity contribution in [1.82, 2.24) is 10.2 Å². The van der Waals surface area contributed by atoms with Crippen LogP contribution in [0.2, 0.25) is 0 Å². The Hall–Kier alpha value is -2.80. The van der Waals surface area contributed by atoms with E-state index >= 15 is 0 Å². The van der Waals surface area contributed by atoms with E-state index in [4.69, 9.17) is 14.2 Å². The van der Waals surface area contributed by atoms with Gasteiger partial charge in [0.2, 0.25) is 5.91 Å². The van der Waals surface area contributed by atoms with Crippen molar-refractivity contribution >= 4 is 5.91 Å². The molecule has 0 bridgehead atoms. The second-order valence-corrected chi connectivity index (χ2v) is 8.19. The molecule has 3 rings (SSSR count). The first-order valence-corrected chi connectivity index (χ1v) is 11.0. The topological polar surface area (TPSA) is 60.0 Å². The van der Waals surface area contributed by atoms with Crippen LogP contribution in [0.1, 0.15) is 36.8 Å². The number of benzene rings is 2. The van der Waals surface area contributed by atoms with E-state index in [0.29, 0.717) is 48.2 Å². The highest BCUT2D eigenvalue weighted by Crippen LogP contribution is 2.26. The Bertz CT molecular complexity index is 906. The number of carbonyl (C=O) groups excluding carboxylic acids is 1. The second kappa shape index (κ2) is 11.7. The van der Waals surface area contributed by atoms with Crippen molar-refractivity contribution in [3.05, 3.63) is 53.3 Å². The molecule has 1 saturated heterocycles. The molecule has 0 saturated carbocycles. The summed E-state index contributed by atoms with van der Waals surface area (Å²) >= 11 is 0. The van der Waals surface area contributed by atoms with E-state index in [1.807, 2.05) is 18.2 Å². The third-order valence-corrected chi connectivity index (χ3v) is 6.00. The van der Waals surface area contributed by atoms with Crippen molar-refractivity contribution in [2.75, 3.05) is 34.4 Å². The molecular weight excluding hydrogens is 411 g/mol. The average Bonchev–Trinajstić information content (AvgIpc) is 2.83. The lowest BCUT2D eigenvalue weighted by atomic mass is 9.93. The predicted molar refractivity (Wildman–Crippen MR) is 122 cm³/mol. The van der Waals surface area contributed by atoms with Gasteiger partial charge in [-0.25, -0.2) is 4.39 Å². The normalized spacial score (nSPS) is 16.4. The fourth-order valence-corrected chi connectivity index (χ4v) is 4.19. The van der Waals surface area contributed by atoms with Crippen LogP contribution < -0.4 is 19.5 Å². The van der Waals surface area contributed by atoms with Crippen molar-refractivity contribution in [2.24, 2.45) is 5.92 Å². The van der Waals surface area contributed by atoms with E-state index in [9.17, 15) is 9.18 Å². The van der Waals surface area contributed by atoms with Crippen LogP contribution in [0, 0.1) is 11.7 Å². The monoisotopic (exact) mass is 444 g/mol. The largest absolute Gasteiger partial charge is 0.497 e. The first-order chi connectivity index (χ1) is 15.5. The number of piperidine rings is 1. The number of rotatable bonds is 10. The molecule has 1 amide bonds. The first kappa shape index (κ1) is 23.9. The lowest BCUT2D eigenvalue weighted by Gasteiger charge is -2.32. The Balaban J connectivity index is 1.46. The number of likely N-dealkylation sites (tertiary alicyclic amines) is 1. The van der Waals surface area contributed by atoms with E-state index in [0.717, 1.165) is 37.9 Å². The smallest absolute Gasteiger partial charge is 0.220 e. The lowest BCUT2D eigenvalue weighted by molar-refractivity contribution is -0.121. The van der Waals surface area contributed by atoms with Gasteiger partial charge in [0.05, 0.1) is 21.3 Å². The number of carbonyl (C=O) groups is 1. The zero-order valence-corrected chi connectivity index (χ0v) is 19.2. The molecule has 6 nitrogen and oxygen atoms in total. The Morgan fingerprint density at radius 2 is 1.81 bits per heavy atom. The molecule has 2 aromatic carbocycles. The Kier molecular flexibility index (Phi) is 8.73. The standard InChI is InChI=1S/C25H33FN2O4/c1-30-21-9-10-23(26)20(13-21)17-28-12-4-5-18(16-28)6-11-25(29)27-15-19-7-8-22(31-2)14-24(19)32-3/h7-10,13-14,18H,4-6,11-12,15-17H2,1-3H3,(H,27,29)/t18-/m0/s1. The minimum Gasteiger partial charge on any atom is -0.497 e. The van der Waals surface area contributed by atoms with Gasteiger partial charge in [0.15, 0.2) is 0 Å². The fraction of sp³-hybridized carbons (Fsp3) is 0.480. The maximum absolute atomic E-state index is 14.2. The molecule has 0 radical (unpaired) electrons. The molecule has 1 aliphatic heterocycles. The first-order valence-electron chi connectivity index (χ1n) is 11.0. The maximum atomic E-state index is 14.2. The van der Waals surface area contributed by atoms with Gasteiger partial charge in [0, 0.05) is 43.2 Å². The molecule has 0 unspecified atom stereocenters. The SMILES string of the molecule is COc1ccc(F)c(CN2CCC[C@@H](CCC(=O)NCc3ccc(OC)cc3OC)C2)c1. The van der Waals surface area contributed by atoms with E-state index in [2.05, 4.69) is 10.2 Å². The summed E-state index contributed by atoms with van der Waals surface area (Å²) in [5, 5.41) is 2.99. The summed E-state index contributed by atoms with van der Waals surface area (Å²) in [6.07, 6.45) is 3.45. The fourth-order valence-electron chi connectivity index (χ4n) is 4.19. The van der Waals surface area contributed by atoms with Gasteiger partial charge in [0.25, 0.3) is 0 Å². The highest BCUT2D eigenvalue weighted by atomic mass is 19.1. The van der Waals surface area contributed by atoms with E-state index in [1.165, 1.54) is 6.07 Å². The number of hydrogen-bond donors (Lipinski definition) is 1. The summed E-state index contributed by atoms with van der Waals surface area (Å²) in [5.41, 5.74) is 1.56. The molecule has 0 spiro atoms. The van der Waals surface area contributed by atoms with Gasteiger partial charge in [-0.05, 0) is 62.1 Å². The van der Waals surface area contributed by atoms with Crippen LogP contribution >= 0.6 is 0 Å². The summed E-state index contributed by atoms with van der Waals surface area (Å²) in [5.74, 6) is 2.32. The highest BCUT2D eigenvalue weighted by Gasteiger charge is 2.22. The highest BCUT2D eigenvalue weighted by molar-refractivity contribution is 5.75. The van der Waals surface area contributed by atoms with E-state index in [1.54, 1.807) is 33.5 Å². The van der Waals surface area contributed by atoms with Gasteiger partial charge in [-0.1, -0.05) is 0 Å². The third kappa shape index (κ3) is 6.60. The molecule has 2 aromatic rings. The summed E-state index contributed by atoms with van der Waals surface area (Å²) in [7, 11) is 4.80. The van der Waals surface area contributed by atoms with Crippen LogP contribution in [0.4, 0.5) is 4.39 Å². The van der Waals surface area contributed by atoms with Crippen LogP contribution in [0.3, 0.4) is 0 Å². The molecule has 32 heavy (non-hydrogen) atoms. The quantitative estimate of drug-likeness (QED) is 0.596. The van der Waals surface area contributed by atoms with Gasteiger partial charge >= 0.3 is 0 Å². The van der Waals surface area contributed by atoms with Gasteiger partial charge < -0.3 is 19.5 Å². The molecule has 0 aliphatic carbocycles. The summed E-state index contributed by atoms with van der Waals surface area (Å²) < 4.78 is 30.0. The number of amides is 1. The van der Waals surface area contributed by atoms with Crippen LogP contribution in [-0.2, 0) is 17.9 Å². The van der Waals surface area contributed by atoms with Gasteiger partial charge in [-0.15, -0.1) is 0 Å². The van der Waals surface area contributed by atoms with Crippen LogP contribution in [0.5, 0.6) is 17.2 Å². The molecule has 0 aromatic heterocycles. The van der Waals surface area contributed by atoms with Gasteiger partial charge in [0.1, 0.15) is 23.1 Å². The molecular formula is C25H33FN2O4. The predicted octanol–water partition coefficient (Wildman–Crippen LogP) is 4.16. The van der Waals surface area contributed by atoms with Crippen LogP contribution in [0.15, 0.2) is 36.4 Å². The number of halogens is 1. The Labute approximate surface area is 189 Å². The number of nitrogens with one attached hydrogen (secondary N) is 1. The minimum absolute atomic E-state index is 0.0267. The van der Waals surface area contributed by atoms with Crippen molar-refractivity contribution in [1.29, 1.82) is 0 Å². The zero-order chi connectivity index (χ0) is 22.9. The number of methoxy groups -OCH3 is 3. The molecule has 1 atom stereocenters. The maximum Gasteiger partial charge on any atom is 0.220 e. The molecule has 1 fully saturated rings. The van der Waals surface area contributed by atoms with Gasteiger partial charge in [-0.2, -0.15) is 0 Å². The van der Waals surface area contributed by atoms with Crippen LogP contribution in [0.25, 0.3) is 0 Å². The number of ether oxygens (including phenoxy) is 3. The third-order valence-electron chi connectivity index (χ3n) is 6.00. The van der Waals surface area contributed by atoms with Crippen molar-refractivity contribution in [2.45, 2.75) is 38.8 Å². The number of hydrogen-bond acceptors (Lipinski definition) is 5. The Morgan fingerprint density at radius 3 is 2.56 bits per heavy atom. The van der Waals surface area contributed by atoms with Crippen molar-refractivity contribution in [3.8, 4) is 17.2 Å². The second-order valence-electron chi connectivity index (χ2n) is 8.19. The average molecular weight is 445 g/mol. The van der Waals surface area contributed by atoms with Crippen molar-refractivity contribution < 1.29 is 23.4 Å². The molecule has 1 aliphatic rings. The summed E-state index contributed by atoms with van der Waals surface area (Å²) in [4.78, 5) is 14.7. The molecule has 7 heteroatoms. The minimum atomic E-state index is -0.207. The van der Waals surface area contributed by atoms with Gasteiger partial charge in [-0.3, -0.25) is 9.69 Å². The zero-order valence-electron chi connectivity index (χ0n) is 19.2. The molecule has 1 N–H and O–H groups in total. The summed E-state index contributed by atoms with van der Waals surface area (Å²) in [6, 6.07) is 10.4. The van der Waals surface area contributed by atoms with Crippen LogP contribution in [-0.4, -0.2) is 45.2 Å². The Morgan fingerprint density at radius 1 is 1.06 bits per heavy atom. The van der Waals surface area contributed by atoms with Crippen molar-refractivity contribution in [3.63, 3.8) is 0 Å². The van der Waals surface area contributed by atoms with E-state index < -0.39 is 0 Å². The number of nitrogens with zero attached hydrogens (tertiary/aromatic N) is 1. The molecule has 174 valence electrons. The molecule has 1 heterocycles.